The maximum absolute atomic E-state index is 12.5. The second-order valence-corrected chi connectivity index (χ2v) is 6.72. The van der Waals surface area contributed by atoms with Gasteiger partial charge in [-0.3, -0.25) is 9.69 Å². The zero-order valence-corrected chi connectivity index (χ0v) is 15.3. The highest BCUT2D eigenvalue weighted by molar-refractivity contribution is 9.10. The largest absolute Gasteiger partial charge is 0.493 e. The molecule has 0 spiro atoms. The number of nitrogens with one attached hydrogen (secondary N) is 1. The van der Waals surface area contributed by atoms with Crippen molar-refractivity contribution in [1.82, 2.24) is 10.2 Å². The van der Waals surface area contributed by atoms with Crippen LogP contribution in [0.15, 0.2) is 28.4 Å². The van der Waals surface area contributed by atoms with Crippen LogP contribution >= 0.6 is 28.1 Å². The van der Waals surface area contributed by atoms with E-state index in [-0.39, 0.29) is 5.91 Å². The molecule has 22 heavy (non-hydrogen) atoms. The van der Waals surface area contributed by atoms with Crippen LogP contribution in [-0.2, 0) is 4.79 Å². The number of halogens is 1. The quantitative estimate of drug-likeness (QED) is 0.624. The maximum atomic E-state index is 12.5. The molecule has 0 bridgehead atoms. The van der Waals surface area contributed by atoms with Gasteiger partial charge in [0, 0.05) is 16.6 Å². The van der Waals surface area contributed by atoms with Crippen molar-refractivity contribution in [3.8, 4) is 5.75 Å². The molecule has 1 amide bonds. The topological polar surface area (TPSA) is 41.6 Å². The van der Waals surface area contributed by atoms with Gasteiger partial charge in [0.2, 0.25) is 0 Å². The molecule has 1 N–H and O–H groups in total. The fourth-order valence-corrected chi connectivity index (χ4v) is 2.82. The Hall–Kier alpha value is -1.40. The van der Waals surface area contributed by atoms with E-state index in [2.05, 4.69) is 35.1 Å². The number of hydrogen-bond acceptors (Lipinski definition) is 3. The van der Waals surface area contributed by atoms with Crippen LogP contribution in [0.5, 0.6) is 5.75 Å². The number of ether oxygens (including phenoxy) is 1. The van der Waals surface area contributed by atoms with E-state index in [0.29, 0.717) is 29.9 Å². The van der Waals surface area contributed by atoms with E-state index in [4.69, 9.17) is 17.0 Å². The summed E-state index contributed by atoms with van der Waals surface area (Å²) in [5.41, 5.74) is 1.31. The molecule has 0 atom stereocenters. The molecular formula is C16H19BrN2O2S. The van der Waals surface area contributed by atoms with Gasteiger partial charge >= 0.3 is 0 Å². The number of benzene rings is 1. The summed E-state index contributed by atoms with van der Waals surface area (Å²) in [5, 5.41) is 3.45. The van der Waals surface area contributed by atoms with Crippen LogP contribution in [0.2, 0.25) is 0 Å². The van der Waals surface area contributed by atoms with Crippen LogP contribution in [0.1, 0.15) is 26.3 Å². The Morgan fingerprint density at radius 1 is 1.45 bits per heavy atom. The minimum atomic E-state index is -0.0962. The first kappa shape index (κ1) is 17.0. The molecule has 0 saturated carbocycles. The summed E-state index contributed by atoms with van der Waals surface area (Å²) < 4.78 is 6.53. The number of hydrogen-bond donors (Lipinski definition) is 1. The second kappa shape index (κ2) is 7.24. The third-order valence-electron chi connectivity index (χ3n) is 3.08. The van der Waals surface area contributed by atoms with Crippen molar-refractivity contribution in [1.29, 1.82) is 0 Å². The van der Waals surface area contributed by atoms with E-state index >= 15 is 0 Å². The molecule has 118 valence electrons. The number of carbonyl (C=O) groups is 1. The van der Waals surface area contributed by atoms with E-state index in [9.17, 15) is 4.79 Å². The molecular weight excluding hydrogens is 364 g/mol. The summed E-state index contributed by atoms with van der Waals surface area (Å²) >= 11 is 8.69. The number of thiocarbonyl (C=S) groups is 1. The zero-order valence-electron chi connectivity index (χ0n) is 12.9. The monoisotopic (exact) mass is 382 g/mol. The van der Waals surface area contributed by atoms with Crippen molar-refractivity contribution in [3.63, 3.8) is 0 Å². The van der Waals surface area contributed by atoms with Crippen LogP contribution < -0.4 is 10.1 Å². The Labute approximate surface area is 144 Å². The molecule has 1 aliphatic rings. The van der Waals surface area contributed by atoms with Gasteiger partial charge < -0.3 is 10.1 Å². The van der Waals surface area contributed by atoms with E-state index in [0.717, 1.165) is 15.8 Å². The Morgan fingerprint density at radius 2 is 2.18 bits per heavy atom. The van der Waals surface area contributed by atoms with Gasteiger partial charge in [0.25, 0.3) is 5.91 Å². The lowest BCUT2D eigenvalue weighted by Gasteiger charge is -2.16. The second-order valence-electron chi connectivity index (χ2n) is 5.41. The molecule has 6 heteroatoms. The molecule has 1 aliphatic heterocycles. The minimum absolute atomic E-state index is 0.0962. The van der Waals surface area contributed by atoms with Crippen LogP contribution in [0, 0.1) is 5.92 Å². The van der Waals surface area contributed by atoms with Gasteiger partial charge in [-0.05, 0) is 49.3 Å². The molecule has 1 aromatic rings. The minimum Gasteiger partial charge on any atom is -0.493 e. The molecule has 0 aromatic heterocycles. The first-order chi connectivity index (χ1) is 10.4. The highest BCUT2D eigenvalue weighted by atomic mass is 79.9. The zero-order chi connectivity index (χ0) is 16.3. The highest BCUT2D eigenvalue weighted by Gasteiger charge is 2.31. The number of nitrogens with zero attached hydrogens (tertiary/aromatic N) is 1. The molecule has 2 rings (SSSR count). The molecule has 1 saturated heterocycles. The maximum Gasteiger partial charge on any atom is 0.276 e. The van der Waals surface area contributed by atoms with Crippen molar-refractivity contribution in [2.24, 2.45) is 5.92 Å². The summed E-state index contributed by atoms with van der Waals surface area (Å²) in [4.78, 5) is 14.1. The van der Waals surface area contributed by atoms with Crippen LogP contribution in [0.25, 0.3) is 6.08 Å². The highest BCUT2D eigenvalue weighted by Crippen LogP contribution is 2.26. The molecule has 1 heterocycles. The Balaban J connectivity index is 2.32. The normalized spacial score (nSPS) is 16.6. The van der Waals surface area contributed by atoms with Crippen molar-refractivity contribution < 1.29 is 9.53 Å². The molecule has 0 unspecified atom stereocenters. The summed E-state index contributed by atoms with van der Waals surface area (Å²) in [6, 6.07) is 5.71. The predicted octanol–water partition coefficient (Wildman–Crippen LogP) is 3.56. The fourth-order valence-electron chi connectivity index (χ4n) is 2.18. The van der Waals surface area contributed by atoms with Gasteiger partial charge in [-0.15, -0.1) is 0 Å². The van der Waals surface area contributed by atoms with Gasteiger partial charge in [0.15, 0.2) is 5.11 Å². The van der Waals surface area contributed by atoms with Crippen LogP contribution in [0.3, 0.4) is 0 Å². The molecule has 1 aromatic carbocycles. The van der Waals surface area contributed by atoms with Crippen molar-refractivity contribution >= 4 is 45.2 Å². The Bertz CT molecular complexity index is 629. The molecule has 1 fully saturated rings. The molecule has 0 aliphatic carbocycles. The summed E-state index contributed by atoms with van der Waals surface area (Å²) in [6.45, 7) is 7.21. The lowest BCUT2D eigenvalue weighted by atomic mass is 10.1. The predicted molar refractivity (Wildman–Crippen MR) is 95.6 cm³/mol. The number of rotatable bonds is 5. The lowest BCUT2D eigenvalue weighted by Crippen LogP contribution is -2.33. The first-order valence-electron chi connectivity index (χ1n) is 7.19. The Morgan fingerprint density at radius 3 is 2.82 bits per heavy atom. The van der Waals surface area contributed by atoms with Crippen molar-refractivity contribution in [2.75, 3.05) is 13.2 Å². The van der Waals surface area contributed by atoms with Gasteiger partial charge in [-0.2, -0.15) is 0 Å². The van der Waals surface area contributed by atoms with Crippen LogP contribution in [0.4, 0.5) is 0 Å². The molecule has 0 radical (unpaired) electrons. The molecule has 4 nitrogen and oxygen atoms in total. The van der Waals surface area contributed by atoms with Crippen LogP contribution in [-0.4, -0.2) is 29.1 Å². The van der Waals surface area contributed by atoms with Gasteiger partial charge in [0.05, 0.1) is 6.61 Å². The van der Waals surface area contributed by atoms with Gasteiger partial charge in [0.1, 0.15) is 11.4 Å². The SMILES string of the molecule is CCOc1ccc(Br)cc1/C=C1/NC(=S)N(CC(C)C)C1=O. The van der Waals surface area contributed by atoms with Gasteiger partial charge in [-0.1, -0.05) is 29.8 Å². The van der Waals surface area contributed by atoms with E-state index < -0.39 is 0 Å². The van der Waals surface area contributed by atoms with Crippen molar-refractivity contribution in [2.45, 2.75) is 20.8 Å². The first-order valence-corrected chi connectivity index (χ1v) is 8.39. The average molecular weight is 383 g/mol. The number of carbonyl (C=O) groups excluding carboxylic acids is 1. The summed E-state index contributed by atoms with van der Waals surface area (Å²) in [7, 11) is 0. The average Bonchev–Trinajstić information content (AvgIpc) is 2.69. The lowest BCUT2D eigenvalue weighted by molar-refractivity contribution is -0.122. The van der Waals surface area contributed by atoms with Crippen molar-refractivity contribution in [3.05, 3.63) is 33.9 Å². The van der Waals surface area contributed by atoms with E-state index in [1.807, 2.05) is 25.1 Å². The van der Waals surface area contributed by atoms with Gasteiger partial charge in [-0.25, -0.2) is 0 Å². The fraction of sp³-hybridized carbons (Fsp3) is 0.375. The third kappa shape index (κ3) is 3.87. The van der Waals surface area contributed by atoms with E-state index in [1.54, 1.807) is 11.0 Å². The Kier molecular flexibility index (Phi) is 5.58. The summed E-state index contributed by atoms with van der Waals surface area (Å²) in [5.74, 6) is 0.995. The standard InChI is InChI=1S/C16H19BrN2O2S/c1-4-21-14-6-5-12(17)7-11(14)8-13-15(20)19(9-10(2)3)16(22)18-13/h5-8,10H,4,9H2,1-3H3,(H,18,22)/b13-8+. The third-order valence-corrected chi connectivity index (χ3v) is 3.90. The van der Waals surface area contributed by atoms with E-state index in [1.165, 1.54) is 0 Å². The smallest absolute Gasteiger partial charge is 0.276 e. The summed E-state index contributed by atoms with van der Waals surface area (Å²) in [6.07, 6.45) is 1.78. The number of amides is 1.